The first-order chi connectivity index (χ1) is 21.4. The fourth-order valence-electron chi connectivity index (χ4n) is 4.63. The van der Waals surface area contributed by atoms with Crippen LogP contribution in [-0.4, -0.2) is 69.9 Å². The van der Waals surface area contributed by atoms with E-state index in [2.05, 4.69) is 40.5 Å². The minimum Gasteiger partial charge on any atom is -0.467 e. The van der Waals surface area contributed by atoms with Crippen LogP contribution in [0, 0.1) is 0 Å². The molecule has 1 saturated carbocycles. The maximum atomic E-state index is 13.8. The third kappa shape index (κ3) is 7.97. The zero-order chi connectivity index (χ0) is 32.2. The van der Waals surface area contributed by atoms with Crippen molar-refractivity contribution in [2.45, 2.75) is 48.9 Å². The summed E-state index contributed by atoms with van der Waals surface area (Å²) in [5.74, 6) is 0.238. The molecule has 45 heavy (non-hydrogen) atoms. The standard InChI is InChI=1S/C28H27F3N8O5S/c1-43-26-35-12-18(13-36-26)16-3-8-23(33-11-16)38-27(40)44-20-6-4-19(5-7-20)37-25-34-15-22(28(29,30)31)24(39-25)17-9-21(14-32-10-17)45(2,41)42/h3,8-15,19-20H,4-7H2,1-2H3,(H,33,38,40)(H,34,37,39). The van der Waals surface area contributed by atoms with Gasteiger partial charge in [-0.3, -0.25) is 10.3 Å². The number of methoxy groups -OCH3 is 1. The van der Waals surface area contributed by atoms with E-state index in [1.807, 2.05) is 0 Å². The molecule has 0 saturated heterocycles. The van der Waals surface area contributed by atoms with Gasteiger partial charge in [0.05, 0.1) is 17.7 Å². The lowest BCUT2D eigenvalue weighted by Crippen LogP contribution is -2.32. The predicted molar refractivity (Wildman–Crippen MR) is 155 cm³/mol. The van der Waals surface area contributed by atoms with Crippen LogP contribution in [0.1, 0.15) is 31.2 Å². The van der Waals surface area contributed by atoms with Gasteiger partial charge in [-0.2, -0.15) is 13.2 Å². The number of sulfone groups is 1. The summed E-state index contributed by atoms with van der Waals surface area (Å²) < 4.78 is 75.6. The lowest BCUT2D eigenvalue weighted by atomic mass is 9.93. The molecule has 0 spiro atoms. The van der Waals surface area contributed by atoms with E-state index >= 15 is 0 Å². The minimum atomic E-state index is -4.78. The molecule has 2 N–H and O–H groups in total. The lowest BCUT2D eigenvalue weighted by Gasteiger charge is -2.29. The molecular formula is C28H27F3N8O5S. The fourth-order valence-corrected chi connectivity index (χ4v) is 5.23. The van der Waals surface area contributed by atoms with Crippen molar-refractivity contribution in [1.29, 1.82) is 0 Å². The Morgan fingerprint density at radius 2 is 1.62 bits per heavy atom. The number of pyridine rings is 2. The molecule has 236 valence electrons. The van der Waals surface area contributed by atoms with Crippen LogP contribution in [0.5, 0.6) is 6.01 Å². The second-order valence-corrected chi connectivity index (χ2v) is 12.2. The maximum Gasteiger partial charge on any atom is 0.419 e. The van der Waals surface area contributed by atoms with Crippen molar-refractivity contribution < 1.29 is 35.9 Å². The Labute approximate surface area is 255 Å². The van der Waals surface area contributed by atoms with Gasteiger partial charge < -0.3 is 14.8 Å². The summed E-state index contributed by atoms with van der Waals surface area (Å²) in [6, 6.07) is 4.50. The number of aromatic nitrogens is 6. The highest BCUT2D eigenvalue weighted by molar-refractivity contribution is 7.90. The Morgan fingerprint density at radius 1 is 0.911 bits per heavy atom. The summed E-state index contributed by atoms with van der Waals surface area (Å²) in [7, 11) is -2.24. The molecule has 4 aromatic rings. The van der Waals surface area contributed by atoms with Crippen molar-refractivity contribution in [1.82, 2.24) is 29.9 Å². The maximum absolute atomic E-state index is 13.8. The summed E-state index contributed by atoms with van der Waals surface area (Å²) in [6.07, 6.45) is 4.70. The van der Waals surface area contributed by atoms with Crippen LogP contribution >= 0.6 is 0 Å². The van der Waals surface area contributed by atoms with E-state index in [1.165, 1.54) is 7.11 Å². The Bertz CT molecular complexity index is 1770. The van der Waals surface area contributed by atoms with Gasteiger partial charge in [0.1, 0.15) is 17.5 Å². The predicted octanol–water partition coefficient (Wildman–Crippen LogP) is 4.79. The number of halogens is 3. The normalized spacial score (nSPS) is 16.9. The number of carbonyl (C=O) groups excluding carboxylic acids is 1. The van der Waals surface area contributed by atoms with Gasteiger partial charge in [0, 0.05) is 66.2 Å². The van der Waals surface area contributed by atoms with Crippen molar-refractivity contribution in [3.8, 4) is 28.4 Å². The number of hydrogen-bond donors (Lipinski definition) is 2. The smallest absolute Gasteiger partial charge is 0.419 e. The first-order valence-electron chi connectivity index (χ1n) is 13.6. The Kier molecular flexibility index (Phi) is 9.08. The van der Waals surface area contributed by atoms with Gasteiger partial charge in [-0.05, 0) is 43.9 Å². The molecule has 17 heteroatoms. The molecule has 1 aliphatic carbocycles. The molecule has 5 rings (SSSR count). The van der Waals surface area contributed by atoms with Crippen molar-refractivity contribution in [2.24, 2.45) is 0 Å². The second-order valence-electron chi connectivity index (χ2n) is 10.2. The van der Waals surface area contributed by atoms with Gasteiger partial charge in [0.25, 0.3) is 0 Å². The summed E-state index contributed by atoms with van der Waals surface area (Å²) >= 11 is 0. The van der Waals surface area contributed by atoms with Crippen molar-refractivity contribution in [2.75, 3.05) is 24.0 Å². The quantitative estimate of drug-likeness (QED) is 0.269. The van der Waals surface area contributed by atoms with Gasteiger partial charge in [0.15, 0.2) is 9.84 Å². The molecule has 0 aliphatic heterocycles. The van der Waals surface area contributed by atoms with Crippen LogP contribution in [-0.2, 0) is 20.8 Å². The fraction of sp³-hybridized carbons (Fsp3) is 0.321. The van der Waals surface area contributed by atoms with Gasteiger partial charge >= 0.3 is 18.3 Å². The molecule has 0 aromatic carbocycles. The van der Waals surface area contributed by atoms with E-state index < -0.39 is 33.4 Å². The lowest BCUT2D eigenvalue weighted by molar-refractivity contribution is -0.137. The number of nitrogens with one attached hydrogen (secondary N) is 2. The van der Waals surface area contributed by atoms with Gasteiger partial charge in [-0.15, -0.1) is 0 Å². The van der Waals surface area contributed by atoms with Crippen molar-refractivity contribution >= 4 is 27.7 Å². The van der Waals surface area contributed by atoms with Crippen molar-refractivity contribution in [3.63, 3.8) is 0 Å². The molecule has 4 heterocycles. The molecule has 4 aromatic heterocycles. The van der Waals surface area contributed by atoms with Crippen LogP contribution in [0.4, 0.5) is 29.7 Å². The Morgan fingerprint density at radius 3 is 2.24 bits per heavy atom. The highest BCUT2D eigenvalue weighted by Gasteiger charge is 2.36. The van der Waals surface area contributed by atoms with Gasteiger partial charge in [0.2, 0.25) is 5.95 Å². The second kappa shape index (κ2) is 13.0. The molecule has 0 radical (unpaired) electrons. The third-order valence-electron chi connectivity index (χ3n) is 6.93. The number of amides is 1. The zero-order valence-electron chi connectivity index (χ0n) is 23.9. The summed E-state index contributed by atoms with van der Waals surface area (Å²) in [5.41, 5.74) is -0.268. The highest BCUT2D eigenvalue weighted by Crippen LogP contribution is 2.36. The van der Waals surface area contributed by atoms with E-state index in [0.717, 1.165) is 35.8 Å². The average Bonchev–Trinajstić information content (AvgIpc) is 3.01. The van der Waals surface area contributed by atoms with Crippen molar-refractivity contribution in [3.05, 3.63) is 60.9 Å². The SMILES string of the molecule is COc1ncc(-c2ccc(NC(=O)OC3CCC(Nc4ncc(C(F)(F)F)c(-c5cncc(S(C)(=O)=O)c5)n4)CC3)nc2)cn1. The minimum absolute atomic E-state index is 0.0550. The molecule has 13 nitrogen and oxygen atoms in total. The number of nitrogens with zero attached hydrogens (tertiary/aromatic N) is 6. The number of ether oxygens (including phenoxy) is 2. The van der Waals surface area contributed by atoms with E-state index in [4.69, 9.17) is 9.47 Å². The van der Waals surface area contributed by atoms with Crippen LogP contribution in [0.15, 0.2) is 60.3 Å². The van der Waals surface area contributed by atoms with E-state index in [9.17, 15) is 26.4 Å². The van der Waals surface area contributed by atoms with Crippen LogP contribution in [0.2, 0.25) is 0 Å². The van der Waals surface area contributed by atoms with Crippen LogP contribution in [0.3, 0.4) is 0 Å². The molecule has 0 unspecified atom stereocenters. The van der Waals surface area contributed by atoms with E-state index in [0.29, 0.717) is 37.7 Å². The summed E-state index contributed by atoms with van der Waals surface area (Å²) in [4.78, 5) is 36.3. The number of anilines is 2. The third-order valence-corrected chi connectivity index (χ3v) is 8.01. The van der Waals surface area contributed by atoms with Crippen LogP contribution < -0.4 is 15.4 Å². The Balaban J connectivity index is 1.17. The number of hydrogen-bond acceptors (Lipinski definition) is 12. The topological polar surface area (TPSA) is 171 Å². The summed E-state index contributed by atoms with van der Waals surface area (Å²) in [6.45, 7) is 0. The van der Waals surface area contributed by atoms with E-state index in [-0.39, 0.29) is 34.6 Å². The van der Waals surface area contributed by atoms with Gasteiger partial charge in [-0.25, -0.2) is 38.1 Å². The Hall–Kier alpha value is -4.93. The number of rotatable bonds is 8. The molecule has 0 atom stereocenters. The monoisotopic (exact) mass is 644 g/mol. The largest absolute Gasteiger partial charge is 0.467 e. The first-order valence-corrected chi connectivity index (χ1v) is 15.4. The van der Waals surface area contributed by atoms with Crippen LogP contribution in [0.25, 0.3) is 22.4 Å². The number of alkyl halides is 3. The van der Waals surface area contributed by atoms with Gasteiger partial charge in [-0.1, -0.05) is 0 Å². The molecule has 1 aliphatic rings. The summed E-state index contributed by atoms with van der Waals surface area (Å²) in [5, 5.41) is 5.64. The van der Waals surface area contributed by atoms with E-state index in [1.54, 1.807) is 30.7 Å². The molecule has 0 bridgehead atoms. The average molecular weight is 645 g/mol. The first kappa shape index (κ1) is 31.5. The number of carbonyl (C=O) groups is 1. The molecule has 1 fully saturated rings. The zero-order valence-corrected chi connectivity index (χ0v) is 24.8. The molecular weight excluding hydrogens is 617 g/mol. The molecule has 1 amide bonds. The highest BCUT2D eigenvalue weighted by atomic mass is 32.2.